The van der Waals surface area contributed by atoms with Crippen molar-refractivity contribution in [3.8, 4) is 5.75 Å². The minimum Gasteiger partial charge on any atom is -0.494 e. The number of hydrogen-bond acceptors (Lipinski definition) is 4. The Labute approximate surface area is 126 Å². The Hall–Kier alpha value is -0.340. The molecule has 8 heteroatoms. The molecule has 5 nitrogen and oxygen atoms in total. The van der Waals surface area contributed by atoms with Crippen molar-refractivity contribution in [2.75, 3.05) is 13.7 Å². The van der Waals surface area contributed by atoms with Crippen molar-refractivity contribution in [2.45, 2.75) is 24.3 Å². The van der Waals surface area contributed by atoms with E-state index in [1.54, 1.807) is 13.0 Å². The van der Waals surface area contributed by atoms with Gasteiger partial charge in [0.2, 0.25) is 10.0 Å². The smallest absolute Gasteiger partial charge is 0.244 e. The quantitative estimate of drug-likeness (QED) is 0.802. The third kappa shape index (κ3) is 4.06. The molecule has 0 heterocycles. The van der Waals surface area contributed by atoms with E-state index in [0.29, 0.717) is 10.9 Å². The first-order valence-electron chi connectivity index (χ1n) is 5.52. The van der Waals surface area contributed by atoms with Gasteiger partial charge in [0.25, 0.3) is 0 Å². The Bertz CT molecular complexity index is 546. The lowest BCUT2D eigenvalue weighted by Gasteiger charge is -2.17. The fourth-order valence-corrected chi connectivity index (χ4v) is 4.16. The molecule has 0 bridgehead atoms. The molecule has 0 saturated carbocycles. The van der Waals surface area contributed by atoms with Gasteiger partial charge in [0, 0.05) is 11.1 Å². The summed E-state index contributed by atoms with van der Waals surface area (Å²) < 4.78 is 32.5. The largest absolute Gasteiger partial charge is 0.494 e. The average molecular weight is 373 g/mol. The number of methoxy groups -OCH3 is 1. The Balaban J connectivity index is 3.28. The van der Waals surface area contributed by atoms with E-state index in [9.17, 15) is 8.42 Å². The van der Waals surface area contributed by atoms with Gasteiger partial charge in [0.15, 0.2) is 5.75 Å². The zero-order chi connectivity index (χ0) is 14.6. The molecule has 108 valence electrons. The monoisotopic (exact) mass is 371 g/mol. The van der Waals surface area contributed by atoms with Crippen LogP contribution in [-0.2, 0) is 10.0 Å². The molecule has 0 radical (unpaired) electrons. The summed E-state index contributed by atoms with van der Waals surface area (Å²) in [6, 6.07) is 2.30. The Morgan fingerprint density at radius 3 is 2.63 bits per heavy atom. The van der Waals surface area contributed by atoms with Crippen LogP contribution in [0, 0.1) is 0 Å². The van der Waals surface area contributed by atoms with Crippen molar-refractivity contribution >= 4 is 37.6 Å². The molecule has 1 aromatic carbocycles. The number of ether oxygens (including phenoxy) is 1. The van der Waals surface area contributed by atoms with Gasteiger partial charge < -0.3 is 9.84 Å². The molecular weight excluding hydrogens is 358 g/mol. The number of halogens is 2. The summed E-state index contributed by atoms with van der Waals surface area (Å²) in [4.78, 5) is -0.0683. The van der Waals surface area contributed by atoms with Gasteiger partial charge in [0.05, 0.1) is 18.2 Å². The minimum atomic E-state index is -3.82. The van der Waals surface area contributed by atoms with Gasteiger partial charge >= 0.3 is 0 Å². The zero-order valence-corrected chi connectivity index (χ0v) is 13.6. The number of nitrogens with one attached hydrogen (secondary N) is 1. The van der Waals surface area contributed by atoms with Gasteiger partial charge in [-0.15, -0.1) is 0 Å². The molecule has 0 aliphatic rings. The number of sulfonamides is 1. The summed E-state index contributed by atoms with van der Waals surface area (Å²) in [5.41, 5.74) is 0. The molecule has 0 amide bonds. The zero-order valence-electron chi connectivity index (χ0n) is 10.5. The lowest BCUT2D eigenvalue weighted by Crippen LogP contribution is -2.37. The van der Waals surface area contributed by atoms with Gasteiger partial charge in [-0.05, 0) is 34.5 Å². The fraction of sp³-hybridized carbons (Fsp3) is 0.455. The number of hydrogen-bond donors (Lipinski definition) is 2. The van der Waals surface area contributed by atoms with E-state index in [0.717, 1.165) is 0 Å². The van der Waals surface area contributed by atoms with E-state index in [-0.39, 0.29) is 22.3 Å². The van der Waals surface area contributed by atoms with E-state index >= 15 is 0 Å². The van der Waals surface area contributed by atoms with E-state index < -0.39 is 16.1 Å². The maximum Gasteiger partial charge on any atom is 0.244 e. The molecule has 0 aliphatic heterocycles. The lowest BCUT2D eigenvalue weighted by molar-refractivity contribution is 0.253. The van der Waals surface area contributed by atoms with Crippen LogP contribution in [0.5, 0.6) is 5.75 Å². The molecule has 0 spiro atoms. The van der Waals surface area contributed by atoms with Crippen LogP contribution in [-0.4, -0.2) is 33.3 Å². The number of rotatable bonds is 6. The minimum absolute atomic E-state index is 0.0683. The molecule has 1 aromatic rings. The van der Waals surface area contributed by atoms with Gasteiger partial charge in [-0.25, -0.2) is 13.1 Å². The molecule has 1 atom stereocenters. The van der Waals surface area contributed by atoms with Crippen LogP contribution in [0.4, 0.5) is 0 Å². The summed E-state index contributed by atoms with van der Waals surface area (Å²) in [6.07, 6.45) is 0.472. The van der Waals surface area contributed by atoms with Gasteiger partial charge in [0.1, 0.15) is 4.90 Å². The SMILES string of the molecule is CCC(CO)NS(=O)(=O)c1cc(Cl)cc(Br)c1OC. The van der Waals surface area contributed by atoms with Crippen LogP contribution in [0.1, 0.15) is 13.3 Å². The highest BCUT2D eigenvalue weighted by atomic mass is 79.9. The fourth-order valence-electron chi connectivity index (χ4n) is 1.47. The Morgan fingerprint density at radius 1 is 1.53 bits per heavy atom. The van der Waals surface area contributed by atoms with Crippen molar-refractivity contribution in [3.05, 3.63) is 21.6 Å². The van der Waals surface area contributed by atoms with Crippen molar-refractivity contribution in [2.24, 2.45) is 0 Å². The maximum atomic E-state index is 12.3. The second-order valence-corrected chi connectivity index (χ2v) is 6.80. The van der Waals surface area contributed by atoms with Crippen LogP contribution in [0.15, 0.2) is 21.5 Å². The third-order valence-corrected chi connectivity index (χ3v) is 4.84. The first kappa shape index (κ1) is 16.7. The number of aliphatic hydroxyl groups excluding tert-OH is 1. The summed E-state index contributed by atoms with van der Waals surface area (Å²) in [5, 5.41) is 9.35. The van der Waals surface area contributed by atoms with E-state index in [4.69, 9.17) is 21.4 Å². The first-order chi connectivity index (χ1) is 8.85. The van der Waals surface area contributed by atoms with Gasteiger partial charge in [-0.1, -0.05) is 18.5 Å². The van der Waals surface area contributed by atoms with Crippen LogP contribution < -0.4 is 9.46 Å². The Morgan fingerprint density at radius 2 is 2.16 bits per heavy atom. The highest BCUT2D eigenvalue weighted by molar-refractivity contribution is 9.10. The lowest BCUT2D eigenvalue weighted by atomic mass is 10.3. The van der Waals surface area contributed by atoms with Crippen molar-refractivity contribution in [1.29, 1.82) is 0 Å². The van der Waals surface area contributed by atoms with E-state index in [2.05, 4.69) is 20.7 Å². The molecule has 1 unspecified atom stereocenters. The summed E-state index contributed by atoms with van der Waals surface area (Å²) >= 11 is 9.06. The van der Waals surface area contributed by atoms with Crippen LogP contribution in [0.25, 0.3) is 0 Å². The van der Waals surface area contributed by atoms with Crippen molar-refractivity contribution < 1.29 is 18.3 Å². The predicted octanol–water partition coefficient (Wildman–Crippen LogP) is 2.16. The highest BCUT2D eigenvalue weighted by Gasteiger charge is 2.24. The summed E-state index contributed by atoms with van der Waals surface area (Å²) in [6.45, 7) is 1.49. The molecule has 1 rings (SSSR count). The topological polar surface area (TPSA) is 75.6 Å². The van der Waals surface area contributed by atoms with Crippen molar-refractivity contribution in [3.63, 3.8) is 0 Å². The molecule has 0 saturated heterocycles. The summed E-state index contributed by atoms with van der Waals surface area (Å²) in [5.74, 6) is 0.171. The van der Waals surface area contributed by atoms with Gasteiger partial charge in [-0.3, -0.25) is 0 Å². The second kappa shape index (κ2) is 6.90. The summed E-state index contributed by atoms with van der Waals surface area (Å²) in [7, 11) is -2.45. The number of benzene rings is 1. The standard InChI is InChI=1S/C11H15BrClNO4S/c1-3-8(6-15)14-19(16,17)10-5-7(13)4-9(12)11(10)18-2/h4-5,8,14-15H,3,6H2,1-2H3. The first-order valence-corrected chi connectivity index (χ1v) is 8.17. The highest BCUT2D eigenvalue weighted by Crippen LogP contribution is 2.35. The molecular formula is C11H15BrClNO4S. The second-order valence-electron chi connectivity index (χ2n) is 3.83. The number of aliphatic hydroxyl groups is 1. The molecule has 2 N–H and O–H groups in total. The Kier molecular flexibility index (Phi) is 6.07. The molecule has 0 aromatic heterocycles. The van der Waals surface area contributed by atoms with Crippen LogP contribution in [0.3, 0.4) is 0 Å². The molecule has 0 aliphatic carbocycles. The van der Waals surface area contributed by atoms with E-state index in [1.165, 1.54) is 13.2 Å². The third-order valence-electron chi connectivity index (χ3n) is 2.50. The van der Waals surface area contributed by atoms with Crippen molar-refractivity contribution in [1.82, 2.24) is 4.72 Å². The maximum absolute atomic E-state index is 12.3. The normalized spacial score (nSPS) is 13.3. The molecule has 0 fully saturated rings. The van der Waals surface area contributed by atoms with E-state index in [1.807, 2.05) is 0 Å². The average Bonchev–Trinajstić information content (AvgIpc) is 2.35. The van der Waals surface area contributed by atoms with Crippen LogP contribution in [0.2, 0.25) is 5.02 Å². The predicted molar refractivity (Wildman–Crippen MR) is 77.2 cm³/mol. The van der Waals surface area contributed by atoms with Gasteiger partial charge in [-0.2, -0.15) is 0 Å². The molecule has 19 heavy (non-hydrogen) atoms. The van der Waals surface area contributed by atoms with Crippen LogP contribution >= 0.6 is 27.5 Å².